The van der Waals surface area contributed by atoms with Gasteiger partial charge in [0.05, 0.1) is 0 Å². The molecule has 0 aliphatic carbocycles. The van der Waals surface area contributed by atoms with Crippen LogP contribution in [0.15, 0.2) is 29.6 Å². The molecule has 0 fully saturated rings. The summed E-state index contributed by atoms with van der Waals surface area (Å²) in [6, 6.07) is 7.79. The van der Waals surface area contributed by atoms with Crippen molar-refractivity contribution >= 4 is 27.4 Å². The number of carboxylic acid groups (broad SMARTS) is 1. The van der Waals surface area contributed by atoms with Crippen LogP contribution in [0.3, 0.4) is 0 Å². The summed E-state index contributed by atoms with van der Waals surface area (Å²) in [4.78, 5) is 11.2. The van der Waals surface area contributed by atoms with Gasteiger partial charge < -0.3 is 9.84 Å². The Labute approximate surface area is 104 Å². The Morgan fingerprint density at radius 1 is 1.47 bits per heavy atom. The average molecular weight is 250 g/mol. The molecule has 1 atom stereocenters. The highest BCUT2D eigenvalue weighted by Crippen LogP contribution is 2.32. The fourth-order valence-corrected chi connectivity index (χ4v) is 2.71. The fourth-order valence-electron chi connectivity index (χ4n) is 1.73. The minimum Gasteiger partial charge on any atom is -0.479 e. The largest absolute Gasteiger partial charge is 0.479 e. The zero-order valence-corrected chi connectivity index (χ0v) is 10.4. The van der Waals surface area contributed by atoms with Gasteiger partial charge in [0.2, 0.25) is 0 Å². The van der Waals surface area contributed by atoms with Crippen LogP contribution in [0.5, 0.6) is 0 Å². The third kappa shape index (κ3) is 2.48. The minimum atomic E-state index is -0.929. The van der Waals surface area contributed by atoms with E-state index >= 15 is 0 Å². The van der Waals surface area contributed by atoms with E-state index in [1.54, 1.807) is 11.3 Å². The summed E-state index contributed by atoms with van der Waals surface area (Å²) in [7, 11) is 0. The lowest BCUT2D eigenvalue weighted by atomic mass is 10.1. The lowest BCUT2D eigenvalue weighted by Gasteiger charge is -2.12. The molecule has 0 amide bonds. The SMILES string of the molecule is CCCOC(C(=O)O)c1csc2ccccc12. The third-order valence-corrected chi connectivity index (χ3v) is 3.49. The molecule has 1 aromatic carbocycles. The normalized spacial score (nSPS) is 12.8. The molecule has 90 valence electrons. The van der Waals surface area contributed by atoms with Gasteiger partial charge in [-0.1, -0.05) is 25.1 Å². The van der Waals surface area contributed by atoms with Gasteiger partial charge in [0.1, 0.15) is 0 Å². The first-order chi connectivity index (χ1) is 8.24. The number of hydrogen-bond acceptors (Lipinski definition) is 3. The first kappa shape index (κ1) is 12.1. The maximum absolute atomic E-state index is 11.2. The topological polar surface area (TPSA) is 46.5 Å². The molecular weight excluding hydrogens is 236 g/mol. The molecule has 1 aromatic heterocycles. The van der Waals surface area contributed by atoms with Crippen LogP contribution in [-0.4, -0.2) is 17.7 Å². The number of hydrogen-bond donors (Lipinski definition) is 1. The Bertz CT molecular complexity index is 518. The van der Waals surface area contributed by atoms with Crippen LogP contribution in [0.2, 0.25) is 0 Å². The molecule has 0 aliphatic heterocycles. The van der Waals surface area contributed by atoms with Crippen LogP contribution in [0.25, 0.3) is 10.1 Å². The Morgan fingerprint density at radius 3 is 2.94 bits per heavy atom. The second-order valence-electron chi connectivity index (χ2n) is 3.78. The lowest BCUT2D eigenvalue weighted by Crippen LogP contribution is -2.15. The van der Waals surface area contributed by atoms with Gasteiger partial charge in [0.15, 0.2) is 6.10 Å². The van der Waals surface area contributed by atoms with E-state index in [1.807, 2.05) is 36.6 Å². The molecule has 0 aliphatic rings. The van der Waals surface area contributed by atoms with E-state index in [0.29, 0.717) is 6.61 Å². The van der Waals surface area contributed by atoms with Crippen molar-refractivity contribution in [2.24, 2.45) is 0 Å². The Kier molecular flexibility index (Phi) is 3.76. The molecule has 1 heterocycles. The van der Waals surface area contributed by atoms with Crippen LogP contribution in [-0.2, 0) is 9.53 Å². The van der Waals surface area contributed by atoms with Crippen LogP contribution in [0, 0.1) is 0 Å². The van der Waals surface area contributed by atoms with Crippen LogP contribution >= 0.6 is 11.3 Å². The smallest absolute Gasteiger partial charge is 0.337 e. The van der Waals surface area contributed by atoms with Crippen LogP contribution in [0.4, 0.5) is 0 Å². The maximum atomic E-state index is 11.2. The number of aliphatic carboxylic acids is 1. The molecule has 3 nitrogen and oxygen atoms in total. The van der Waals surface area contributed by atoms with Gasteiger partial charge in [0, 0.05) is 16.9 Å². The van der Waals surface area contributed by atoms with Crippen molar-refractivity contribution in [2.75, 3.05) is 6.61 Å². The standard InChI is InChI=1S/C13H14O3S/c1-2-7-16-12(13(14)15)10-8-17-11-6-4-3-5-9(10)11/h3-6,8,12H,2,7H2,1H3,(H,14,15). The maximum Gasteiger partial charge on any atom is 0.337 e. The summed E-state index contributed by atoms with van der Waals surface area (Å²) in [6.45, 7) is 2.42. The molecule has 4 heteroatoms. The van der Waals surface area contributed by atoms with Crippen LogP contribution < -0.4 is 0 Å². The number of thiophene rings is 1. The van der Waals surface area contributed by atoms with Gasteiger partial charge in [-0.25, -0.2) is 4.79 Å². The van der Waals surface area contributed by atoms with Gasteiger partial charge in [-0.05, 0) is 23.3 Å². The van der Waals surface area contributed by atoms with E-state index in [-0.39, 0.29) is 0 Å². The van der Waals surface area contributed by atoms with E-state index in [1.165, 1.54) is 0 Å². The fraction of sp³-hybridized carbons (Fsp3) is 0.308. The molecule has 0 spiro atoms. The number of carboxylic acids is 1. The number of fused-ring (bicyclic) bond motifs is 1. The van der Waals surface area contributed by atoms with E-state index in [9.17, 15) is 9.90 Å². The Hall–Kier alpha value is -1.39. The summed E-state index contributed by atoms with van der Waals surface area (Å²) in [6.07, 6.45) is -0.0441. The van der Waals surface area contributed by atoms with Gasteiger partial charge in [-0.3, -0.25) is 0 Å². The van der Waals surface area contributed by atoms with Crippen LogP contribution in [0.1, 0.15) is 25.0 Å². The molecule has 17 heavy (non-hydrogen) atoms. The highest BCUT2D eigenvalue weighted by Gasteiger charge is 2.23. The van der Waals surface area contributed by atoms with E-state index in [2.05, 4.69) is 0 Å². The second-order valence-corrected chi connectivity index (χ2v) is 4.69. The average Bonchev–Trinajstić information content (AvgIpc) is 2.73. The highest BCUT2D eigenvalue weighted by molar-refractivity contribution is 7.17. The van der Waals surface area contributed by atoms with Crippen molar-refractivity contribution in [3.8, 4) is 0 Å². The number of rotatable bonds is 5. The lowest BCUT2D eigenvalue weighted by molar-refractivity contribution is -0.150. The van der Waals surface area contributed by atoms with Crippen molar-refractivity contribution in [3.05, 3.63) is 35.2 Å². The molecule has 2 rings (SSSR count). The Balaban J connectivity index is 2.38. The molecule has 0 saturated carbocycles. The van der Waals surface area contributed by atoms with Crippen molar-refractivity contribution in [1.82, 2.24) is 0 Å². The molecule has 1 unspecified atom stereocenters. The van der Waals surface area contributed by atoms with E-state index in [4.69, 9.17) is 4.74 Å². The number of carbonyl (C=O) groups is 1. The molecule has 2 aromatic rings. The first-order valence-corrected chi connectivity index (χ1v) is 6.42. The summed E-state index contributed by atoms with van der Waals surface area (Å²) in [5.41, 5.74) is 0.756. The quantitative estimate of drug-likeness (QED) is 0.884. The Morgan fingerprint density at radius 2 is 2.24 bits per heavy atom. The zero-order valence-electron chi connectivity index (χ0n) is 9.55. The zero-order chi connectivity index (χ0) is 12.3. The summed E-state index contributed by atoms with van der Waals surface area (Å²) < 4.78 is 6.50. The molecule has 0 radical (unpaired) electrons. The van der Waals surface area contributed by atoms with Gasteiger partial charge >= 0.3 is 5.97 Å². The molecule has 0 bridgehead atoms. The number of benzene rings is 1. The van der Waals surface area contributed by atoms with E-state index in [0.717, 1.165) is 22.1 Å². The molecular formula is C13H14O3S. The minimum absolute atomic E-state index is 0.459. The third-order valence-electron chi connectivity index (χ3n) is 2.51. The number of ether oxygens (including phenoxy) is 1. The van der Waals surface area contributed by atoms with Crippen molar-refractivity contribution in [2.45, 2.75) is 19.4 Å². The van der Waals surface area contributed by atoms with Crippen molar-refractivity contribution < 1.29 is 14.6 Å². The first-order valence-electron chi connectivity index (χ1n) is 5.54. The highest BCUT2D eigenvalue weighted by atomic mass is 32.1. The molecule has 0 saturated heterocycles. The van der Waals surface area contributed by atoms with Gasteiger partial charge in [-0.15, -0.1) is 11.3 Å². The van der Waals surface area contributed by atoms with Gasteiger partial charge in [-0.2, -0.15) is 0 Å². The summed E-state index contributed by atoms with van der Waals surface area (Å²) in [5, 5.41) is 12.1. The molecule has 1 N–H and O–H groups in total. The second kappa shape index (κ2) is 5.29. The van der Waals surface area contributed by atoms with Crippen molar-refractivity contribution in [3.63, 3.8) is 0 Å². The summed E-state index contributed by atoms with van der Waals surface area (Å²) >= 11 is 1.55. The predicted octanol–water partition coefficient (Wildman–Crippen LogP) is 3.45. The van der Waals surface area contributed by atoms with Crippen molar-refractivity contribution in [1.29, 1.82) is 0 Å². The van der Waals surface area contributed by atoms with E-state index < -0.39 is 12.1 Å². The predicted molar refractivity (Wildman–Crippen MR) is 68.4 cm³/mol. The monoisotopic (exact) mass is 250 g/mol. The summed E-state index contributed by atoms with van der Waals surface area (Å²) in [5.74, 6) is -0.929. The van der Waals surface area contributed by atoms with Gasteiger partial charge in [0.25, 0.3) is 0 Å².